The number of nitrogens with one attached hydrogen (secondary N) is 1. The summed E-state index contributed by atoms with van der Waals surface area (Å²) in [5.41, 5.74) is 0. The average Bonchev–Trinajstić information content (AvgIpc) is 2.15. The summed E-state index contributed by atoms with van der Waals surface area (Å²) in [6.07, 6.45) is 4.01. The van der Waals surface area contributed by atoms with E-state index in [-0.39, 0.29) is 0 Å². The van der Waals surface area contributed by atoms with E-state index < -0.39 is 0 Å². The van der Waals surface area contributed by atoms with Gasteiger partial charge in [0.25, 0.3) is 0 Å². The standard InChI is InChI=1S/C10H22N2/c1-9(2)11-10-5-4-7-12(3)8-6-10/h9-11H,4-8H2,1-3H3. The molecule has 1 heterocycles. The van der Waals surface area contributed by atoms with Crippen molar-refractivity contribution in [2.75, 3.05) is 20.1 Å². The van der Waals surface area contributed by atoms with Crippen molar-refractivity contribution in [1.29, 1.82) is 0 Å². The second-order valence-electron chi connectivity index (χ2n) is 4.25. The van der Waals surface area contributed by atoms with Crippen molar-refractivity contribution in [3.05, 3.63) is 0 Å². The molecule has 72 valence electrons. The van der Waals surface area contributed by atoms with Crippen LogP contribution in [0.3, 0.4) is 0 Å². The van der Waals surface area contributed by atoms with Crippen LogP contribution < -0.4 is 5.32 Å². The Labute approximate surface area is 76.3 Å². The lowest BCUT2D eigenvalue weighted by molar-refractivity contribution is 0.341. The molecule has 1 aliphatic rings. The van der Waals surface area contributed by atoms with Crippen LogP contribution in [0.25, 0.3) is 0 Å². The average molecular weight is 170 g/mol. The highest BCUT2D eigenvalue weighted by Gasteiger charge is 2.14. The normalized spacial score (nSPS) is 27.5. The summed E-state index contributed by atoms with van der Waals surface area (Å²) >= 11 is 0. The highest BCUT2D eigenvalue weighted by atomic mass is 15.1. The van der Waals surface area contributed by atoms with Gasteiger partial charge in [-0.05, 0) is 39.4 Å². The Hall–Kier alpha value is -0.0800. The summed E-state index contributed by atoms with van der Waals surface area (Å²) < 4.78 is 0. The van der Waals surface area contributed by atoms with Crippen LogP contribution in [0.5, 0.6) is 0 Å². The number of hydrogen-bond acceptors (Lipinski definition) is 2. The van der Waals surface area contributed by atoms with Crippen molar-refractivity contribution in [1.82, 2.24) is 10.2 Å². The third-order valence-corrected chi connectivity index (χ3v) is 2.52. The van der Waals surface area contributed by atoms with E-state index in [0.717, 1.165) is 6.04 Å². The minimum absolute atomic E-state index is 0.637. The number of nitrogens with zero attached hydrogens (tertiary/aromatic N) is 1. The first-order valence-corrected chi connectivity index (χ1v) is 5.13. The molecule has 0 amide bonds. The number of likely N-dealkylation sites (tertiary alicyclic amines) is 1. The Morgan fingerprint density at radius 1 is 1.25 bits per heavy atom. The third-order valence-electron chi connectivity index (χ3n) is 2.52. The number of hydrogen-bond donors (Lipinski definition) is 1. The molecule has 1 atom stereocenters. The van der Waals surface area contributed by atoms with Gasteiger partial charge in [-0.3, -0.25) is 0 Å². The molecule has 1 aliphatic heterocycles. The maximum absolute atomic E-state index is 3.62. The van der Waals surface area contributed by atoms with E-state index in [1.165, 1.54) is 32.4 Å². The Morgan fingerprint density at radius 2 is 2.00 bits per heavy atom. The van der Waals surface area contributed by atoms with E-state index in [1.54, 1.807) is 0 Å². The summed E-state index contributed by atoms with van der Waals surface area (Å²) in [6.45, 7) is 6.99. The molecule has 2 heteroatoms. The summed E-state index contributed by atoms with van der Waals surface area (Å²) in [7, 11) is 2.22. The van der Waals surface area contributed by atoms with Gasteiger partial charge in [-0.25, -0.2) is 0 Å². The SMILES string of the molecule is CC(C)NC1CCCN(C)CC1. The first-order valence-electron chi connectivity index (χ1n) is 5.13. The van der Waals surface area contributed by atoms with Gasteiger partial charge in [0, 0.05) is 12.1 Å². The van der Waals surface area contributed by atoms with Gasteiger partial charge in [0.2, 0.25) is 0 Å². The topological polar surface area (TPSA) is 15.3 Å². The van der Waals surface area contributed by atoms with E-state index in [4.69, 9.17) is 0 Å². The first kappa shape index (κ1) is 10.0. The zero-order valence-electron chi connectivity index (χ0n) is 8.64. The van der Waals surface area contributed by atoms with Crippen molar-refractivity contribution in [3.8, 4) is 0 Å². The first-order chi connectivity index (χ1) is 5.68. The zero-order valence-corrected chi connectivity index (χ0v) is 8.64. The minimum atomic E-state index is 0.637. The second kappa shape index (κ2) is 4.83. The van der Waals surface area contributed by atoms with Gasteiger partial charge in [0.05, 0.1) is 0 Å². The van der Waals surface area contributed by atoms with Crippen LogP contribution in [0.2, 0.25) is 0 Å². The van der Waals surface area contributed by atoms with Crippen molar-refractivity contribution in [2.45, 2.75) is 45.2 Å². The molecule has 0 spiro atoms. The van der Waals surface area contributed by atoms with Gasteiger partial charge in [0.15, 0.2) is 0 Å². The molecule has 1 rings (SSSR count). The Bertz CT molecular complexity index is 123. The second-order valence-corrected chi connectivity index (χ2v) is 4.25. The summed E-state index contributed by atoms with van der Waals surface area (Å²) in [4.78, 5) is 2.43. The minimum Gasteiger partial charge on any atom is -0.312 e. The molecule has 0 aromatic rings. The van der Waals surface area contributed by atoms with E-state index in [0.29, 0.717) is 6.04 Å². The van der Waals surface area contributed by atoms with Crippen LogP contribution in [-0.4, -0.2) is 37.1 Å². The van der Waals surface area contributed by atoms with E-state index in [1.807, 2.05) is 0 Å². The fourth-order valence-corrected chi connectivity index (χ4v) is 1.88. The molecule has 0 bridgehead atoms. The molecule has 0 aromatic carbocycles. The Morgan fingerprint density at radius 3 is 2.67 bits per heavy atom. The van der Waals surface area contributed by atoms with Crippen molar-refractivity contribution >= 4 is 0 Å². The van der Waals surface area contributed by atoms with Gasteiger partial charge in [-0.2, -0.15) is 0 Å². The van der Waals surface area contributed by atoms with Gasteiger partial charge < -0.3 is 10.2 Å². The lowest BCUT2D eigenvalue weighted by Crippen LogP contribution is -2.35. The van der Waals surface area contributed by atoms with Gasteiger partial charge in [-0.15, -0.1) is 0 Å². The van der Waals surface area contributed by atoms with Gasteiger partial charge in [-0.1, -0.05) is 13.8 Å². The van der Waals surface area contributed by atoms with Crippen molar-refractivity contribution < 1.29 is 0 Å². The molecule has 1 N–H and O–H groups in total. The molecule has 12 heavy (non-hydrogen) atoms. The molecular formula is C10H22N2. The molecular weight excluding hydrogens is 148 g/mol. The molecule has 0 saturated carbocycles. The third kappa shape index (κ3) is 3.55. The molecule has 2 nitrogen and oxygen atoms in total. The van der Waals surface area contributed by atoms with Crippen LogP contribution in [0.1, 0.15) is 33.1 Å². The molecule has 1 saturated heterocycles. The zero-order chi connectivity index (χ0) is 8.97. The smallest absolute Gasteiger partial charge is 0.00820 e. The largest absolute Gasteiger partial charge is 0.312 e. The Kier molecular flexibility index (Phi) is 4.02. The summed E-state index contributed by atoms with van der Waals surface area (Å²) in [5, 5.41) is 3.62. The number of rotatable bonds is 2. The molecule has 0 aliphatic carbocycles. The van der Waals surface area contributed by atoms with Crippen molar-refractivity contribution in [3.63, 3.8) is 0 Å². The lowest BCUT2D eigenvalue weighted by atomic mass is 10.1. The molecule has 0 aromatic heterocycles. The molecule has 1 fully saturated rings. The fraction of sp³-hybridized carbons (Fsp3) is 1.00. The van der Waals surface area contributed by atoms with E-state index in [9.17, 15) is 0 Å². The molecule has 0 radical (unpaired) electrons. The quantitative estimate of drug-likeness (QED) is 0.675. The van der Waals surface area contributed by atoms with Crippen LogP contribution in [0.4, 0.5) is 0 Å². The fourth-order valence-electron chi connectivity index (χ4n) is 1.88. The van der Waals surface area contributed by atoms with Crippen LogP contribution in [0, 0.1) is 0 Å². The van der Waals surface area contributed by atoms with Gasteiger partial charge >= 0.3 is 0 Å². The maximum Gasteiger partial charge on any atom is 0.00820 e. The maximum atomic E-state index is 3.62. The highest BCUT2D eigenvalue weighted by Crippen LogP contribution is 2.09. The predicted octanol–water partition coefficient (Wildman–Crippen LogP) is 1.47. The van der Waals surface area contributed by atoms with E-state index >= 15 is 0 Å². The summed E-state index contributed by atoms with van der Waals surface area (Å²) in [6, 6.07) is 1.40. The predicted molar refractivity (Wildman–Crippen MR) is 53.4 cm³/mol. The van der Waals surface area contributed by atoms with Crippen molar-refractivity contribution in [2.24, 2.45) is 0 Å². The van der Waals surface area contributed by atoms with Crippen LogP contribution in [0.15, 0.2) is 0 Å². The highest BCUT2D eigenvalue weighted by molar-refractivity contribution is 4.74. The lowest BCUT2D eigenvalue weighted by Gasteiger charge is -2.19. The Balaban J connectivity index is 2.26. The van der Waals surface area contributed by atoms with Crippen LogP contribution in [-0.2, 0) is 0 Å². The van der Waals surface area contributed by atoms with E-state index in [2.05, 4.69) is 31.1 Å². The van der Waals surface area contributed by atoms with Gasteiger partial charge in [0.1, 0.15) is 0 Å². The monoisotopic (exact) mass is 170 g/mol. The van der Waals surface area contributed by atoms with Crippen LogP contribution >= 0.6 is 0 Å². The summed E-state index contributed by atoms with van der Waals surface area (Å²) in [5.74, 6) is 0. The molecule has 1 unspecified atom stereocenters.